The fraction of sp³-hybridized carbons (Fsp3) is 0.588. The molecule has 0 aromatic heterocycles. The van der Waals surface area contributed by atoms with Crippen molar-refractivity contribution >= 4 is 5.91 Å². The van der Waals surface area contributed by atoms with Crippen molar-refractivity contribution in [3.63, 3.8) is 0 Å². The van der Waals surface area contributed by atoms with Gasteiger partial charge in [-0.1, -0.05) is 30.3 Å². The van der Waals surface area contributed by atoms with Crippen LogP contribution in [-0.4, -0.2) is 38.3 Å². The fourth-order valence-corrected chi connectivity index (χ4v) is 3.44. The third-order valence-corrected chi connectivity index (χ3v) is 4.78. The van der Waals surface area contributed by atoms with Gasteiger partial charge >= 0.3 is 0 Å². The molecule has 3 rings (SSSR count). The van der Waals surface area contributed by atoms with Gasteiger partial charge in [0.15, 0.2) is 0 Å². The molecule has 1 unspecified atom stereocenters. The van der Waals surface area contributed by atoms with Crippen molar-refractivity contribution in [2.45, 2.75) is 37.1 Å². The maximum absolute atomic E-state index is 12.9. The van der Waals surface area contributed by atoms with Crippen molar-refractivity contribution in [2.75, 3.05) is 26.3 Å². The van der Waals surface area contributed by atoms with Gasteiger partial charge in [0.05, 0.1) is 5.41 Å². The normalized spacial score (nSPS) is 24.7. The van der Waals surface area contributed by atoms with E-state index in [2.05, 4.69) is 22.8 Å². The molecule has 0 spiro atoms. The molecule has 0 bridgehead atoms. The third kappa shape index (κ3) is 3.11. The second-order valence-corrected chi connectivity index (χ2v) is 6.06. The first-order valence-corrected chi connectivity index (χ1v) is 7.96. The van der Waals surface area contributed by atoms with Crippen LogP contribution in [0, 0.1) is 0 Å². The first-order valence-electron chi connectivity index (χ1n) is 7.96. The fourth-order valence-electron chi connectivity index (χ4n) is 3.44. The molecule has 0 aliphatic carbocycles. The summed E-state index contributed by atoms with van der Waals surface area (Å²) < 4.78 is 5.48. The molecule has 2 N–H and O–H groups in total. The number of nitrogens with one attached hydrogen (secondary N) is 2. The Hall–Kier alpha value is -1.39. The Morgan fingerprint density at radius 2 is 2.05 bits per heavy atom. The SMILES string of the molecule is O=C(NCC1CCCN1)C1(c2ccccc2)CCOCC1. The zero-order chi connectivity index (χ0) is 14.5. The number of ether oxygens (including phenoxy) is 1. The molecule has 21 heavy (non-hydrogen) atoms. The molecule has 1 atom stereocenters. The molecule has 1 aromatic rings. The first-order chi connectivity index (χ1) is 10.3. The predicted molar refractivity (Wildman–Crippen MR) is 82.2 cm³/mol. The van der Waals surface area contributed by atoms with Crippen LogP contribution >= 0.6 is 0 Å². The minimum absolute atomic E-state index is 0.158. The Morgan fingerprint density at radius 3 is 2.71 bits per heavy atom. The van der Waals surface area contributed by atoms with Crippen LogP contribution in [0.25, 0.3) is 0 Å². The first kappa shape index (κ1) is 14.5. The van der Waals surface area contributed by atoms with Crippen molar-refractivity contribution in [3.8, 4) is 0 Å². The van der Waals surface area contributed by atoms with E-state index in [4.69, 9.17) is 4.74 Å². The van der Waals surface area contributed by atoms with E-state index < -0.39 is 5.41 Å². The summed E-state index contributed by atoms with van der Waals surface area (Å²) in [5, 5.41) is 6.60. The van der Waals surface area contributed by atoms with Gasteiger partial charge in [-0.15, -0.1) is 0 Å². The van der Waals surface area contributed by atoms with E-state index in [1.807, 2.05) is 18.2 Å². The molecular weight excluding hydrogens is 264 g/mol. The monoisotopic (exact) mass is 288 g/mol. The topological polar surface area (TPSA) is 50.4 Å². The highest BCUT2D eigenvalue weighted by molar-refractivity contribution is 5.88. The Labute approximate surface area is 126 Å². The molecule has 2 aliphatic rings. The molecule has 2 aliphatic heterocycles. The molecule has 1 aromatic carbocycles. The smallest absolute Gasteiger partial charge is 0.230 e. The van der Waals surface area contributed by atoms with E-state index in [9.17, 15) is 4.79 Å². The number of rotatable bonds is 4. The van der Waals surface area contributed by atoms with E-state index in [1.165, 1.54) is 6.42 Å². The van der Waals surface area contributed by atoms with Crippen LogP contribution in [0.1, 0.15) is 31.2 Å². The minimum atomic E-state index is -0.419. The van der Waals surface area contributed by atoms with Gasteiger partial charge in [-0.2, -0.15) is 0 Å². The summed E-state index contributed by atoms with van der Waals surface area (Å²) in [6, 6.07) is 10.6. The van der Waals surface area contributed by atoms with Crippen LogP contribution in [0.3, 0.4) is 0 Å². The second kappa shape index (κ2) is 6.58. The number of amides is 1. The Morgan fingerprint density at radius 1 is 1.29 bits per heavy atom. The Balaban J connectivity index is 1.73. The summed E-state index contributed by atoms with van der Waals surface area (Å²) in [5.41, 5.74) is 0.697. The molecule has 4 nitrogen and oxygen atoms in total. The highest BCUT2D eigenvalue weighted by atomic mass is 16.5. The second-order valence-electron chi connectivity index (χ2n) is 6.06. The predicted octanol–water partition coefficient (Wildman–Crippen LogP) is 1.60. The van der Waals surface area contributed by atoms with Gasteiger partial charge < -0.3 is 15.4 Å². The highest BCUT2D eigenvalue weighted by Crippen LogP contribution is 2.35. The van der Waals surface area contributed by atoms with Crippen LogP contribution in [0.15, 0.2) is 30.3 Å². The molecule has 0 radical (unpaired) electrons. The minimum Gasteiger partial charge on any atom is -0.381 e. The lowest BCUT2D eigenvalue weighted by molar-refractivity contribution is -0.130. The molecule has 4 heteroatoms. The van der Waals surface area contributed by atoms with Gasteiger partial charge in [-0.3, -0.25) is 4.79 Å². The summed E-state index contributed by atoms with van der Waals surface area (Å²) in [7, 11) is 0. The zero-order valence-corrected chi connectivity index (χ0v) is 12.4. The van der Waals surface area contributed by atoms with Crippen LogP contribution < -0.4 is 10.6 Å². The van der Waals surface area contributed by atoms with Crippen LogP contribution in [0.2, 0.25) is 0 Å². The number of hydrogen-bond donors (Lipinski definition) is 2. The van der Waals surface area contributed by atoms with E-state index in [-0.39, 0.29) is 5.91 Å². The van der Waals surface area contributed by atoms with E-state index in [0.717, 1.165) is 37.9 Å². The average Bonchev–Trinajstić information content (AvgIpc) is 3.07. The summed E-state index contributed by atoms with van der Waals surface area (Å²) in [5.74, 6) is 0.158. The van der Waals surface area contributed by atoms with E-state index >= 15 is 0 Å². The standard InChI is InChI=1S/C17H24N2O2/c20-16(19-13-15-7-4-10-18-15)17(8-11-21-12-9-17)14-5-2-1-3-6-14/h1-3,5-6,15,18H,4,7-13H2,(H,19,20). The summed E-state index contributed by atoms with van der Waals surface area (Å²) in [6.45, 7) is 3.11. The summed E-state index contributed by atoms with van der Waals surface area (Å²) >= 11 is 0. The maximum Gasteiger partial charge on any atom is 0.230 e. The van der Waals surface area contributed by atoms with Gasteiger partial charge in [-0.25, -0.2) is 0 Å². The third-order valence-electron chi connectivity index (χ3n) is 4.78. The maximum atomic E-state index is 12.9. The Kier molecular flexibility index (Phi) is 4.56. The summed E-state index contributed by atoms with van der Waals surface area (Å²) in [6.07, 6.45) is 3.89. The van der Waals surface area contributed by atoms with Gasteiger partial charge in [0.25, 0.3) is 0 Å². The lowest BCUT2D eigenvalue weighted by atomic mass is 9.73. The quantitative estimate of drug-likeness (QED) is 0.885. The molecule has 114 valence electrons. The van der Waals surface area contributed by atoms with E-state index in [1.54, 1.807) is 0 Å². The highest BCUT2D eigenvalue weighted by Gasteiger charge is 2.41. The van der Waals surface area contributed by atoms with Crippen LogP contribution in [0.5, 0.6) is 0 Å². The van der Waals surface area contributed by atoms with Gasteiger partial charge in [-0.05, 0) is 37.8 Å². The van der Waals surface area contributed by atoms with Crippen LogP contribution in [-0.2, 0) is 14.9 Å². The van der Waals surface area contributed by atoms with Gasteiger partial charge in [0, 0.05) is 25.8 Å². The van der Waals surface area contributed by atoms with Crippen molar-refractivity contribution in [1.82, 2.24) is 10.6 Å². The van der Waals surface area contributed by atoms with Crippen molar-refractivity contribution in [2.24, 2.45) is 0 Å². The largest absolute Gasteiger partial charge is 0.381 e. The molecule has 1 amide bonds. The van der Waals surface area contributed by atoms with Crippen molar-refractivity contribution in [3.05, 3.63) is 35.9 Å². The zero-order valence-electron chi connectivity index (χ0n) is 12.4. The lowest BCUT2D eigenvalue weighted by Gasteiger charge is -2.36. The number of benzene rings is 1. The summed E-state index contributed by atoms with van der Waals surface area (Å²) in [4.78, 5) is 12.9. The average molecular weight is 288 g/mol. The van der Waals surface area contributed by atoms with Crippen molar-refractivity contribution < 1.29 is 9.53 Å². The molecule has 2 fully saturated rings. The van der Waals surface area contributed by atoms with Crippen LogP contribution in [0.4, 0.5) is 0 Å². The number of hydrogen-bond acceptors (Lipinski definition) is 3. The molecule has 2 saturated heterocycles. The Bertz CT molecular complexity index is 463. The van der Waals surface area contributed by atoms with Crippen molar-refractivity contribution in [1.29, 1.82) is 0 Å². The number of carbonyl (C=O) groups excluding carboxylic acids is 1. The van der Waals surface area contributed by atoms with E-state index in [0.29, 0.717) is 19.3 Å². The molecule has 0 saturated carbocycles. The molecular formula is C17H24N2O2. The molecule has 2 heterocycles. The lowest BCUT2D eigenvalue weighted by Crippen LogP contribution is -2.50. The van der Waals surface area contributed by atoms with Gasteiger partial charge in [0.1, 0.15) is 0 Å². The van der Waals surface area contributed by atoms with Gasteiger partial charge in [0.2, 0.25) is 5.91 Å². The number of carbonyl (C=O) groups is 1.